The first-order valence-electron chi connectivity index (χ1n) is 8.56. The Labute approximate surface area is 157 Å². The molecule has 0 saturated carbocycles. The van der Waals surface area contributed by atoms with Crippen molar-refractivity contribution in [2.75, 3.05) is 30.4 Å². The fraction of sp³-hybridized carbons (Fsp3) is 0.316. The topological polar surface area (TPSA) is 54.3 Å². The molecule has 1 aliphatic rings. The zero-order valence-electron chi connectivity index (χ0n) is 15.0. The molecule has 0 atom stereocenters. The lowest BCUT2D eigenvalue weighted by atomic mass is 10.2. The van der Waals surface area contributed by atoms with E-state index < -0.39 is 0 Å². The number of fused-ring (bicyclic) bond motifs is 3. The first-order valence-corrected chi connectivity index (χ1v) is 8.94. The van der Waals surface area contributed by atoms with Gasteiger partial charge in [-0.15, -0.1) is 0 Å². The van der Waals surface area contributed by atoms with Gasteiger partial charge in [-0.2, -0.15) is 0 Å². The number of rotatable bonds is 3. The first kappa shape index (κ1) is 16.8. The molecule has 3 heterocycles. The molecule has 134 valence electrons. The van der Waals surface area contributed by atoms with E-state index in [1.807, 2.05) is 25.2 Å². The second-order valence-electron chi connectivity index (χ2n) is 6.74. The number of aromatic nitrogens is 3. The number of benzene rings is 1. The van der Waals surface area contributed by atoms with Crippen molar-refractivity contribution in [3.63, 3.8) is 0 Å². The van der Waals surface area contributed by atoms with E-state index in [-0.39, 0.29) is 0 Å². The van der Waals surface area contributed by atoms with Crippen LogP contribution in [0.4, 0.5) is 17.5 Å². The van der Waals surface area contributed by atoms with Crippen molar-refractivity contribution in [3.05, 3.63) is 40.5 Å². The van der Waals surface area contributed by atoms with Gasteiger partial charge in [0, 0.05) is 32.7 Å². The molecule has 0 fully saturated rings. The molecule has 6 nitrogen and oxygen atoms in total. The predicted molar refractivity (Wildman–Crippen MR) is 105 cm³/mol. The largest absolute Gasteiger partial charge is 0.363 e. The molecular formula is C19H20ClN5O. The highest BCUT2D eigenvalue weighted by Gasteiger charge is 2.26. The third kappa shape index (κ3) is 2.52. The van der Waals surface area contributed by atoms with E-state index in [9.17, 15) is 4.79 Å². The molecule has 0 radical (unpaired) electrons. The van der Waals surface area contributed by atoms with Gasteiger partial charge in [-0.3, -0.25) is 4.79 Å². The van der Waals surface area contributed by atoms with Crippen molar-refractivity contribution in [1.29, 1.82) is 0 Å². The summed E-state index contributed by atoms with van der Waals surface area (Å²) in [5.74, 6) is 1.73. The number of halogens is 1. The van der Waals surface area contributed by atoms with Crippen molar-refractivity contribution in [3.8, 4) is 0 Å². The fourth-order valence-electron chi connectivity index (χ4n) is 3.51. The maximum atomic E-state index is 11.5. The van der Waals surface area contributed by atoms with Gasteiger partial charge in [-0.1, -0.05) is 11.6 Å². The number of hydrogen-bond acceptors (Lipinski definition) is 5. The minimum Gasteiger partial charge on any atom is -0.363 e. The van der Waals surface area contributed by atoms with Crippen LogP contribution < -0.4 is 9.80 Å². The van der Waals surface area contributed by atoms with E-state index in [0.29, 0.717) is 16.1 Å². The molecule has 0 aliphatic carbocycles. The lowest BCUT2D eigenvalue weighted by molar-refractivity contribution is 0.112. The Bertz CT molecular complexity index is 1010. The Balaban J connectivity index is 1.90. The molecule has 0 unspecified atom stereocenters. The van der Waals surface area contributed by atoms with E-state index >= 15 is 0 Å². The zero-order valence-corrected chi connectivity index (χ0v) is 15.8. The maximum Gasteiger partial charge on any atom is 0.211 e. The Morgan fingerprint density at radius 3 is 2.77 bits per heavy atom. The minimum absolute atomic E-state index is 0.560. The molecule has 4 rings (SSSR count). The van der Waals surface area contributed by atoms with Gasteiger partial charge in [-0.05, 0) is 37.1 Å². The van der Waals surface area contributed by atoms with E-state index in [1.54, 1.807) is 12.1 Å². The number of anilines is 3. The van der Waals surface area contributed by atoms with Gasteiger partial charge in [0.05, 0.1) is 22.4 Å². The summed E-state index contributed by atoms with van der Waals surface area (Å²) in [5, 5.41) is 0.560. The molecule has 2 aromatic heterocycles. The molecule has 0 spiro atoms. The fourth-order valence-corrected chi connectivity index (χ4v) is 3.70. The van der Waals surface area contributed by atoms with Crippen LogP contribution in [-0.4, -0.2) is 41.5 Å². The van der Waals surface area contributed by atoms with Crippen LogP contribution in [0.2, 0.25) is 5.02 Å². The highest BCUT2D eigenvalue weighted by molar-refractivity contribution is 6.35. The van der Waals surface area contributed by atoms with Crippen LogP contribution in [0, 0.1) is 6.92 Å². The van der Waals surface area contributed by atoms with Crippen LogP contribution in [0.25, 0.3) is 11.0 Å². The standard InChI is InChI=1S/C19H20ClN5O/c1-12-9-16(23(2)3)21-10-15(12)24-7-4-8-25-18-13(11-26)5-6-14(20)17(18)22-19(24)25/h5-6,9-11H,4,7-8H2,1-3H3. The number of carbonyl (C=O) groups is 1. The number of aldehydes is 1. The van der Waals surface area contributed by atoms with Crippen LogP contribution in [0.1, 0.15) is 22.3 Å². The number of nitrogens with zero attached hydrogens (tertiary/aromatic N) is 5. The Morgan fingerprint density at radius 1 is 1.27 bits per heavy atom. The predicted octanol–water partition coefficient (Wildman–Crippen LogP) is 3.81. The second kappa shape index (κ2) is 6.29. The molecule has 0 N–H and O–H groups in total. The van der Waals surface area contributed by atoms with Crippen LogP contribution in [0.3, 0.4) is 0 Å². The van der Waals surface area contributed by atoms with Gasteiger partial charge in [0.2, 0.25) is 5.95 Å². The minimum atomic E-state index is 0.560. The maximum absolute atomic E-state index is 11.5. The van der Waals surface area contributed by atoms with Crippen molar-refractivity contribution in [1.82, 2.24) is 14.5 Å². The second-order valence-corrected chi connectivity index (χ2v) is 7.15. The Morgan fingerprint density at radius 2 is 2.08 bits per heavy atom. The van der Waals surface area contributed by atoms with Crippen LogP contribution in [0.5, 0.6) is 0 Å². The third-order valence-electron chi connectivity index (χ3n) is 4.81. The average molecular weight is 370 g/mol. The molecule has 1 aliphatic heterocycles. The van der Waals surface area contributed by atoms with E-state index in [2.05, 4.69) is 27.4 Å². The number of aryl methyl sites for hydroxylation is 2. The lowest BCUT2D eigenvalue weighted by Crippen LogP contribution is -2.29. The van der Waals surface area contributed by atoms with Gasteiger partial charge in [-0.25, -0.2) is 9.97 Å². The quantitative estimate of drug-likeness (QED) is 0.657. The van der Waals surface area contributed by atoms with Gasteiger partial charge >= 0.3 is 0 Å². The Hall–Kier alpha value is -2.60. The molecule has 26 heavy (non-hydrogen) atoms. The highest BCUT2D eigenvalue weighted by Crippen LogP contribution is 2.37. The summed E-state index contributed by atoms with van der Waals surface area (Å²) in [6.07, 6.45) is 3.71. The summed E-state index contributed by atoms with van der Waals surface area (Å²) in [5.41, 5.74) is 4.25. The molecule has 1 aromatic carbocycles. The van der Waals surface area contributed by atoms with Gasteiger partial charge in [0.15, 0.2) is 6.29 Å². The first-order chi connectivity index (χ1) is 12.5. The normalized spacial score (nSPS) is 13.8. The van der Waals surface area contributed by atoms with Crippen LogP contribution in [-0.2, 0) is 6.54 Å². The zero-order chi connectivity index (χ0) is 18.4. The summed E-state index contributed by atoms with van der Waals surface area (Å²) in [6, 6.07) is 5.56. The molecule has 0 bridgehead atoms. The van der Waals surface area contributed by atoms with Crippen molar-refractivity contribution >= 4 is 46.4 Å². The highest BCUT2D eigenvalue weighted by atomic mass is 35.5. The summed E-state index contributed by atoms with van der Waals surface area (Å²) in [7, 11) is 3.95. The van der Waals surface area contributed by atoms with Gasteiger partial charge in [0.1, 0.15) is 11.3 Å². The number of hydrogen-bond donors (Lipinski definition) is 0. The summed E-state index contributed by atoms with van der Waals surface area (Å²) in [6.45, 7) is 3.74. The smallest absolute Gasteiger partial charge is 0.211 e. The molecule has 3 aromatic rings. The average Bonchev–Trinajstić information content (AvgIpc) is 3.03. The summed E-state index contributed by atoms with van der Waals surface area (Å²) < 4.78 is 2.09. The van der Waals surface area contributed by atoms with Crippen molar-refractivity contribution in [2.24, 2.45) is 0 Å². The van der Waals surface area contributed by atoms with Crippen molar-refractivity contribution < 1.29 is 4.79 Å². The third-order valence-corrected chi connectivity index (χ3v) is 5.11. The molecule has 0 amide bonds. The van der Waals surface area contributed by atoms with E-state index in [4.69, 9.17) is 16.6 Å². The number of carbonyl (C=O) groups excluding carboxylic acids is 1. The molecule has 0 saturated heterocycles. The van der Waals surface area contributed by atoms with Crippen LogP contribution >= 0.6 is 11.6 Å². The SMILES string of the molecule is Cc1cc(N(C)C)ncc1N1CCCn2c1nc1c(Cl)ccc(C=O)c12. The van der Waals surface area contributed by atoms with Crippen LogP contribution in [0.15, 0.2) is 24.4 Å². The number of imidazole rings is 1. The monoisotopic (exact) mass is 369 g/mol. The number of pyridine rings is 1. The summed E-state index contributed by atoms with van der Waals surface area (Å²) in [4.78, 5) is 25.0. The van der Waals surface area contributed by atoms with Gasteiger partial charge < -0.3 is 14.4 Å². The Kier molecular flexibility index (Phi) is 4.07. The van der Waals surface area contributed by atoms with E-state index in [0.717, 1.165) is 54.3 Å². The van der Waals surface area contributed by atoms with E-state index in [1.165, 1.54) is 0 Å². The van der Waals surface area contributed by atoms with Crippen molar-refractivity contribution in [2.45, 2.75) is 19.9 Å². The molecule has 7 heteroatoms. The summed E-state index contributed by atoms with van der Waals surface area (Å²) >= 11 is 6.36. The lowest BCUT2D eigenvalue weighted by Gasteiger charge is -2.30. The molecular weight excluding hydrogens is 350 g/mol. The van der Waals surface area contributed by atoms with Gasteiger partial charge in [0.25, 0.3) is 0 Å².